The maximum Gasteiger partial charge on any atom is 0.343 e. The van der Waals surface area contributed by atoms with Crippen molar-refractivity contribution in [1.82, 2.24) is 10.1 Å². The molecular formula is C25H25N3O7S. The van der Waals surface area contributed by atoms with Crippen LogP contribution in [0.3, 0.4) is 0 Å². The van der Waals surface area contributed by atoms with Gasteiger partial charge in [-0.15, -0.1) is 0 Å². The predicted octanol–water partition coefficient (Wildman–Crippen LogP) is 2.74. The quantitative estimate of drug-likeness (QED) is 0.175. The lowest BCUT2D eigenvalue weighted by atomic mass is 10.2. The van der Waals surface area contributed by atoms with Gasteiger partial charge in [0, 0.05) is 0 Å². The fourth-order valence-corrected chi connectivity index (χ4v) is 3.91. The highest BCUT2D eigenvalue weighted by Gasteiger charge is 2.15. The molecule has 10 nitrogen and oxygen atoms in total. The number of methoxy groups -OCH3 is 1. The first-order valence-electron chi connectivity index (χ1n) is 10.8. The summed E-state index contributed by atoms with van der Waals surface area (Å²) < 4.78 is 42.7. The Balaban J connectivity index is 1.59. The average molecular weight is 512 g/mol. The van der Waals surface area contributed by atoms with Gasteiger partial charge in [0.1, 0.15) is 5.75 Å². The molecule has 0 bridgehead atoms. The van der Waals surface area contributed by atoms with E-state index in [0.717, 1.165) is 0 Å². The van der Waals surface area contributed by atoms with Crippen molar-refractivity contribution in [2.45, 2.75) is 11.8 Å². The first kappa shape index (κ1) is 26.4. The summed E-state index contributed by atoms with van der Waals surface area (Å²) in [4.78, 5) is 24.5. The number of carbonyl (C=O) groups is 2. The predicted molar refractivity (Wildman–Crippen MR) is 133 cm³/mol. The van der Waals surface area contributed by atoms with Crippen molar-refractivity contribution in [2.75, 3.05) is 20.3 Å². The largest absolute Gasteiger partial charge is 0.497 e. The second-order valence-electron chi connectivity index (χ2n) is 7.19. The molecule has 11 heteroatoms. The Hall–Kier alpha value is -4.22. The number of hydrogen-bond donors (Lipinski definition) is 2. The molecule has 3 rings (SSSR count). The molecule has 0 heterocycles. The highest BCUT2D eigenvalue weighted by Crippen LogP contribution is 2.29. The Labute approximate surface area is 208 Å². The number of sulfonamides is 1. The molecule has 0 aliphatic heterocycles. The standard InChI is InChI=1S/C25H25N3O7S/c1-3-34-23-15-18(9-14-22(23)35-25(30)19-10-12-20(33-2)13-11-19)16-26-28-24(29)17-27-36(31,32)21-7-5-4-6-8-21/h4-16,27H,3,17H2,1-2H3,(H,28,29)/b26-16+. The van der Waals surface area contributed by atoms with Crippen LogP contribution in [-0.2, 0) is 14.8 Å². The molecule has 0 saturated carbocycles. The van der Waals surface area contributed by atoms with Gasteiger partial charge >= 0.3 is 5.97 Å². The van der Waals surface area contributed by atoms with Gasteiger partial charge in [-0.25, -0.2) is 23.4 Å². The molecule has 0 saturated heterocycles. The lowest BCUT2D eigenvalue weighted by Crippen LogP contribution is -2.34. The van der Waals surface area contributed by atoms with Gasteiger partial charge in [0.05, 0.1) is 36.9 Å². The summed E-state index contributed by atoms with van der Waals surface area (Å²) in [6, 6.07) is 18.9. The van der Waals surface area contributed by atoms with Gasteiger partial charge in [-0.1, -0.05) is 18.2 Å². The Bertz CT molecular complexity index is 1330. The highest BCUT2D eigenvalue weighted by atomic mass is 32.2. The van der Waals surface area contributed by atoms with E-state index in [2.05, 4.69) is 15.2 Å². The zero-order valence-corrected chi connectivity index (χ0v) is 20.4. The van der Waals surface area contributed by atoms with Crippen molar-refractivity contribution < 1.29 is 32.2 Å². The average Bonchev–Trinajstić information content (AvgIpc) is 2.89. The Morgan fingerprint density at radius 1 is 0.972 bits per heavy atom. The molecule has 0 aromatic heterocycles. The van der Waals surface area contributed by atoms with E-state index in [4.69, 9.17) is 14.2 Å². The minimum Gasteiger partial charge on any atom is -0.497 e. The third kappa shape index (κ3) is 7.39. The number of nitrogens with zero attached hydrogens (tertiary/aromatic N) is 1. The van der Waals surface area contributed by atoms with E-state index < -0.39 is 28.4 Å². The maximum absolute atomic E-state index is 12.5. The molecule has 0 spiro atoms. The number of nitrogens with one attached hydrogen (secondary N) is 2. The first-order valence-corrected chi connectivity index (χ1v) is 12.3. The lowest BCUT2D eigenvalue weighted by Gasteiger charge is -2.11. The summed E-state index contributed by atoms with van der Waals surface area (Å²) in [5, 5.41) is 3.84. The van der Waals surface area contributed by atoms with Gasteiger partial charge < -0.3 is 14.2 Å². The molecule has 2 N–H and O–H groups in total. The normalized spacial score (nSPS) is 11.2. The summed E-state index contributed by atoms with van der Waals surface area (Å²) in [5.74, 6) is -0.0728. The van der Waals surface area contributed by atoms with Gasteiger partial charge in [0.15, 0.2) is 11.5 Å². The smallest absolute Gasteiger partial charge is 0.343 e. The van der Waals surface area contributed by atoms with Crippen molar-refractivity contribution in [3.8, 4) is 17.2 Å². The van der Waals surface area contributed by atoms with Gasteiger partial charge in [-0.3, -0.25) is 4.79 Å². The summed E-state index contributed by atoms with van der Waals surface area (Å²) in [6.07, 6.45) is 1.35. The van der Waals surface area contributed by atoms with Gasteiger partial charge in [0.2, 0.25) is 10.0 Å². The Morgan fingerprint density at radius 3 is 2.36 bits per heavy atom. The summed E-state index contributed by atoms with van der Waals surface area (Å²) >= 11 is 0. The van der Waals surface area contributed by atoms with Gasteiger partial charge in [-0.05, 0) is 67.1 Å². The zero-order valence-electron chi connectivity index (χ0n) is 19.6. The molecule has 0 fully saturated rings. The SMILES string of the molecule is CCOc1cc(/C=N/NC(=O)CNS(=O)(=O)c2ccccc2)ccc1OC(=O)c1ccc(OC)cc1. The van der Waals surface area contributed by atoms with Crippen LogP contribution in [0.4, 0.5) is 0 Å². The topological polar surface area (TPSA) is 132 Å². The highest BCUT2D eigenvalue weighted by molar-refractivity contribution is 7.89. The second kappa shape index (κ2) is 12.5. The third-order valence-electron chi connectivity index (χ3n) is 4.68. The molecule has 36 heavy (non-hydrogen) atoms. The Morgan fingerprint density at radius 2 is 1.69 bits per heavy atom. The van der Waals surface area contributed by atoms with Crippen LogP contribution in [0.1, 0.15) is 22.8 Å². The van der Waals surface area contributed by atoms with Crippen LogP contribution in [0.15, 0.2) is 82.8 Å². The van der Waals surface area contributed by atoms with Crippen molar-refractivity contribution in [1.29, 1.82) is 0 Å². The molecule has 3 aromatic rings. The molecular weight excluding hydrogens is 486 g/mol. The number of esters is 1. The van der Waals surface area contributed by atoms with Crippen molar-refractivity contribution in [3.63, 3.8) is 0 Å². The number of hydrogen-bond acceptors (Lipinski definition) is 8. The molecule has 188 valence electrons. The second-order valence-corrected chi connectivity index (χ2v) is 8.95. The van der Waals surface area contributed by atoms with Crippen LogP contribution >= 0.6 is 0 Å². The number of amides is 1. The monoisotopic (exact) mass is 511 g/mol. The first-order chi connectivity index (χ1) is 17.3. The summed E-state index contributed by atoms with van der Waals surface area (Å²) in [7, 11) is -2.28. The van der Waals surface area contributed by atoms with Gasteiger partial charge in [-0.2, -0.15) is 5.10 Å². The van der Waals surface area contributed by atoms with Gasteiger partial charge in [0.25, 0.3) is 5.91 Å². The van der Waals surface area contributed by atoms with Crippen LogP contribution in [0.5, 0.6) is 17.2 Å². The van der Waals surface area contributed by atoms with E-state index in [0.29, 0.717) is 29.2 Å². The number of hydrazone groups is 1. The maximum atomic E-state index is 12.5. The molecule has 0 aliphatic rings. The van der Waals surface area contributed by atoms with Crippen molar-refractivity contribution in [3.05, 3.63) is 83.9 Å². The minimum atomic E-state index is -3.81. The van der Waals surface area contributed by atoms with Crippen LogP contribution < -0.4 is 24.4 Å². The number of carbonyl (C=O) groups excluding carboxylic acids is 2. The van der Waals surface area contributed by atoms with E-state index in [1.165, 1.54) is 25.5 Å². The molecule has 0 aliphatic carbocycles. The van der Waals surface area contributed by atoms with E-state index >= 15 is 0 Å². The molecule has 0 unspecified atom stereocenters. The van der Waals surface area contributed by atoms with Crippen LogP contribution in [0, 0.1) is 0 Å². The minimum absolute atomic E-state index is 0.0533. The van der Waals surface area contributed by atoms with E-state index in [-0.39, 0.29) is 10.6 Å². The summed E-state index contributed by atoms with van der Waals surface area (Å²) in [6.45, 7) is 1.62. The van der Waals surface area contributed by atoms with Crippen LogP contribution in [0.25, 0.3) is 0 Å². The number of ether oxygens (including phenoxy) is 3. The molecule has 0 radical (unpaired) electrons. The van der Waals surface area contributed by atoms with Crippen LogP contribution in [0.2, 0.25) is 0 Å². The van der Waals surface area contributed by atoms with E-state index in [1.807, 2.05) is 0 Å². The number of rotatable bonds is 11. The summed E-state index contributed by atoms with van der Waals surface area (Å²) in [5.41, 5.74) is 3.14. The lowest BCUT2D eigenvalue weighted by molar-refractivity contribution is -0.119. The Kier molecular flexibility index (Phi) is 9.14. The molecule has 3 aromatic carbocycles. The zero-order chi connectivity index (χ0) is 26.0. The van der Waals surface area contributed by atoms with Crippen molar-refractivity contribution in [2.24, 2.45) is 5.10 Å². The number of benzene rings is 3. The van der Waals surface area contributed by atoms with Crippen molar-refractivity contribution >= 4 is 28.1 Å². The fraction of sp³-hybridized carbons (Fsp3) is 0.160. The van der Waals surface area contributed by atoms with Crippen LogP contribution in [-0.4, -0.2) is 46.8 Å². The molecule has 1 amide bonds. The fourth-order valence-electron chi connectivity index (χ4n) is 2.91. The van der Waals surface area contributed by atoms with E-state index in [9.17, 15) is 18.0 Å². The third-order valence-corrected chi connectivity index (χ3v) is 6.09. The molecule has 0 atom stereocenters. The van der Waals surface area contributed by atoms with E-state index in [1.54, 1.807) is 67.6 Å².